The Morgan fingerprint density at radius 1 is 0.929 bits per heavy atom. The highest BCUT2D eigenvalue weighted by molar-refractivity contribution is 5.74. The van der Waals surface area contributed by atoms with Gasteiger partial charge in [0.15, 0.2) is 0 Å². The summed E-state index contributed by atoms with van der Waals surface area (Å²) in [5.41, 5.74) is 0. The molecule has 0 aromatic heterocycles. The molecule has 1 amide bonds. The number of hydroxylamine groups is 2. The van der Waals surface area contributed by atoms with Gasteiger partial charge < -0.3 is 14.2 Å². The maximum Gasteiger partial charge on any atom is 0.245 e. The first-order valence-corrected chi connectivity index (χ1v) is 11.4. The van der Waals surface area contributed by atoms with Crippen LogP contribution in [0, 0.1) is 17.8 Å². The second-order valence-corrected chi connectivity index (χ2v) is 8.88. The highest BCUT2D eigenvalue weighted by Gasteiger charge is 2.47. The molecule has 1 saturated carbocycles. The van der Waals surface area contributed by atoms with Crippen molar-refractivity contribution >= 4 is 5.91 Å². The maximum atomic E-state index is 11.3. The zero-order valence-corrected chi connectivity index (χ0v) is 17.5. The van der Waals surface area contributed by atoms with Gasteiger partial charge in [-0.15, -0.1) is 0 Å². The van der Waals surface area contributed by atoms with Crippen LogP contribution in [0.2, 0.25) is 0 Å². The van der Waals surface area contributed by atoms with Crippen molar-refractivity contribution in [1.29, 1.82) is 0 Å². The van der Waals surface area contributed by atoms with Crippen molar-refractivity contribution in [2.75, 3.05) is 33.5 Å². The van der Waals surface area contributed by atoms with Crippen LogP contribution < -0.4 is 0 Å². The molecule has 3 aliphatic rings. The molecular formula is C22H39NO5. The molecule has 2 bridgehead atoms. The van der Waals surface area contributed by atoms with E-state index in [0.717, 1.165) is 38.6 Å². The van der Waals surface area contributed by atoms with Crippen molar-refractivity contribution in [1.82, 2.24) is 5.06 Å². The van der Waals surface area contributed by atoms with E-state index in [1.165, 1.54) is 52.0 Å². The molecule has 0 radical (unpaired) electrons. The van der Waals surface area contributed by atoms with E-state index in [-0.39, 0.29) is 5.91 Å². The summed E-state index contributed by atoms with van der Waals surface area (Å²) in [4.78, 5) is 11.3. The third-order valence-electron chi connectivity index (χ3n) is 6.97. The van der Waals surface area contributed by atoms with E-state index in [1.54, 1.807) is 0 Å². The minimum Gasteiger partial charge on any atom is -0.381 e. The third-order valence-corrected chi connectivity index (χ3v) is 6.97. The molecule has 2 aliphatic heterocycles. The second-order valence-electron chi connectivity index (χ2n) is 8.88. The molecule has 3 fully saturated rings. The van der Waals surface area contributed by atoms with Crippen LogP contribution >= 0.6 is 0 Å². The van der Waals surface area contributed by atoms with Gasteiger partial charge in [0, 0.05) is 39.9 Å². The van der Waals surface area contributed by atoms with Gasteiger partial charge in [0.2, 0.25) is 5.91 Å². The zero-order chi connectivity index (χ0) is 19.8. The first kappa shape index (κ1) is 22.0. The smallest absolute Gasteiger partial charge is 0.245 e. The molecule has 1 N–H and O–H groups in total. The number of nitrogens with zero attached hydrogens (tertiary/aromatic N) is 1. The average molecular weight is 398 g/mol. The van der Waals surface area contributed by atoms with Crippen LogP contribution in [0.25, 0.3) is 0 Å². The van der Waals surface area contributed by atoms with E-state index in [1.807, 2.05) is 0 Å². The van der Waals surface area contributed by atoms with Crippen molar-refractivity contribution in [2.45, 2.75) is 82.8 Å². The van der Waals surface area contributed by atoms with E-state index in [0.29, 0.717) is 48.6 Å². The Hall–Kier alpha value is -0.690. The molecule has 2 saturated heterocycles. The summed E-state index contributed by atoms with van der Waals surface area (Å²) >= 11 is 0. The number of hydrogen-bond donors (Lipinski definition) is 1. The van der Waals surface area contributed by atoms with E-state index >= 15 is 0 Å². The number of fused-ring (bicyclic) bond motifs is 2. The topological polar surface area (TPSA) is 68.2 Å². The number of carbonyl (C=O) groups excluding carboxylic acids is 1. The second kappa shape index (κ2) is 11.5. The first-order chi connectivity index (χ1) is 13.6. The summed E-state index contributed by atoms with van der Waals surface area (Å²) < 4.78 is 17.9. The van der Waals surface area contributed by atoms with E-state index in [4.69, 9.17) is 19.4 Å². The molecule has 6 nitrogen and oxygen atoms in total. The Labute approximate surface area is 169 Å². The summed E-state index contributed by atoms with van der Waals surface area (Å²) in [6.07, 6.45) is 13.2. The largest absolute Gasteiger partial charge is 0.381 e. The van der Waals surface area contributed by atoms with Crippen LogP contribution in [0.1, 0.15) is 70.6 Å². The Bertz CT molecular complexity index is 466. The highest BCUT2D eigenvalue weighted by atomic mass is 16.5. The summed E-state index contributed by atoms with van der Waals surface area (Å²) in [6, 6.07) is 0. The molecule has 162 valence electrons. The standard InChI is InChI=1S/C22H39NO5/c1-23(25)22(24)7-4-13-26-15-11-18-19(21-9-8-20(18)28-21)12-16-27-14-10-17-5-2-3-6-17/h17-21,25H,2-16H2,1H3/t18-,19+,20-,21+/m1/s1. The van der Waals surface area contributed by atoms with Crippen LogP contribution in [0.5, 0.6) is 0 Å². The number of rotatable bonds is 13. The van der Waals surface area contributed by atoms with Gasteiger partial charge in [0.05, 0.1) is 12.2 Å². The maximum absolute atomic E-state index is 11.3. The van der Waals surface area contributed by atoms with Gasteiger partial charge in [-0.25, -0.2) is 5.06 Å². The van der Waals surface area contributed by atoms with Gasteiger partial charge in [-0.2, -0.15) is 0 Å². The molecular weight excluding hydrogens is 358 g/mol. The summed E-state index contributed by atoms with van der Waals surface area (Å²) in [6.45, 7) is 3.07. The Balaban J connectivity index is 1.27. The lowest BCUT2D eigenvalue weighted by atomic mass is 9.76. The molecule has 2 heterocycles. The lowest BCUT2D eigenvalue weighted by Gasteiger charge is -2.28. The number of carbonyl (C=O) groups is 1. The van der Waals surface area contributed by atoms with Gasteiger partial charge in [-0.3, -0.25) is 10.0 Å². The van der Waals surface area contributed by atoms with Crippen molar-refractivity contribution in [2.24, 2.45) is 17.8 Å². The lowest BCUT2D eigenvalue weighted by Crippen LogP contribution is -2.29. The van der Waals surface area contributed by atoms with Crippen LogP contribution in [0.4, 0.5) is 0 Å². The van der Waals surface area contributed by atoms with E-state index < -0.39 is 0 Å². The van der Waals surface area contributed by atoms with Crippen molar-refractivity contribution in [3.05, 3.63) is 0 Å². The van der Waals surface area contributed by atoms with Crippen molar-refractivity contribution in [3.8, 4) is 0 Å². The molecule has 0 unspecified atom stereocenters. The van der Waals surface area contributed by atoms with Gasteiger partial charge in [-0.05, 0) is 56.3 Å². The van der Waals surface area contributed by atoms with Crippen LogP contribution in [-0.2, 0) is 19.0 Å². The monoisotopic (exact) mass is 397 g/mol. The third kappa shape index (κ3) is 6.41. The molecule has 0 aromatic rings. The van der Waals surface area contributed by atoms with Crippen molar-refractivity contribution < 1.29 is 24.2 Å². The highest BCUT2D eigenvalue weighted by Crippen LogP contribution is 2.46. The summed E-state index contributed by atoms with van der Waals surface area (Å²) in [7, 11) is 1.36. The Kier molecular flexibility index (Phi) is 9.03. The molecule has 6 heteroatoms. The number of hydrogen-bond acceptors (Lipinski definition) is 5. The minimum atomic E-state index is -0.266. The van der Waals surface area contributed by atoms with Gasteiger partial charge in [-0.1, -0.05) is 25.7 Å². The fraction of sp³-hybridized carbons (Fsp3) is 0.955. The molecule has 28 heavy (non-hydrogen) atoms. The fourth-order valence-electron chi connectivity index (χ4n) is 5.35. The van der Waals surface area contributed by atoms with E-state index in [9.17, 15) is 4.79 Å². The van der Waals surface area contributed by atoms with Crippen molar-refractivity contribution in [3.63, 3.8) is 0 Å². The summed E-state index contributed by atoms with van der Waals surface area (Å²) in [5.74, 6) is 1.84. The summed E-state index contributed by atoms with van der Waals surface area (Å²) in [5, 5.41) is 9.68. The Morgan fingerprint density at radius 3 is 2.11 bits per heavy atom. The quantitative estimate of drug-likeness (QED) is 0.291. The molecule has 1 aliphatic carbocycles. The SMILES string of the molecule is CN(O)C(=O)CCCOCC[C@@H]1[C@H](CCOCCC2CCCC2)[C@@H]2CC[C@H]1O2. The zero-order valence-electron chi connectivity index (χ0n) is 17.5. The first-order valence-electron chi connectivity index (χ1n) is 11.4. The van der Waals surface area contributed by atoms with Gasteiger partial charge in [0.25, 0.3) is 0 Å². The minimum absolute atomic E-state index is 0.266. The predicted molar refractivity (Wildman–Crippen MR) is 106 cm³/mol. The number of amides is 1. The predicted octanol–water partition coefficient (Wildman–Crippen LogP) is 3.80. The molecule has 4 atom stereocenters. The average Bonchev–Trinajstić information content (AvgIpc) is 3.42. The van der Waals surface area contributed by atoms with Gasteiger partial charge >= 0.3 is 0 Å². The molecule has 0 aromatic carbocycles. The Morgan fingerprint density at radius 2 is 1.50 bits per heavy atom. The number of ether oxygens (including phenoxy) is 3. The molecule has 0 spiro atoms. The normalized spacial score (nSPS) is 29.6. The molecule has 3 rings (SSSR count). The van der Waals surface area contributed by atoms with Crippen LogP contribution in [0.15, 0.2) is 0 Å². The lowest BCUT2D eigenvalue weighted by molar-refractivity contribution is -0.159. The van der Waals surface area contributed by atoms with Gasteiger partial charge in [0.1, 0.15) is 0 Å². The fourth-order valence-corrected chi connectivity index (χ4v) is 5.35. The van der Waals surface area contributed by atoms with Crippen LogP contribution in [0.3, 0.4) is 0 Å². The van der Waals surface area contributed by atoms with Crippen LogP contribution in [-0.4, -0.2) is 61.9 Å². The van der Waals surface area contributed by atoms with E-state index in [2.05, 4.69) is 0 Å².